The smallest absolute Gasteiger partial charge is 0.264 e. The molecule has 0 aliphatic heterocycles. The van der Waals surface area contributed by atoms with Crippen molar-refractivity contribution in [3.8, 4) is 0 Å². The van der Waals surface area contributed by atoms with Crippen LogP contribution in [0, 0.1) is 6.92 Å². The molecule has 0 radical (unpaired) electrons. The predicted octanol–water partition coefficient (Wildman–Crippen LogP) is 6.41. The second kappa shape index (κ2) is 13.2. The molecule has 9 heteroatoms. The van der Waals surface area contributed by atoms with Crippen LogP contribution in [0.25, 0.3) is 0 Å². The number of nitrogens with zero attached hydrogens (tertiary/aromatic N) is 2. The fourth-order valence-electron chi connectivity index (χ4n) is 4.28. The Morgan fingerprint density at radius 3 is 2.07 bits per heavy atom. The van der Waals surface area contributed by atoms with Crippen LogP contribution in [0.15, 0.2) is 82.2 Å². The lowest BCUT2D eigenvalue weighted by Crippen LogP contribution is -2.54. The van der Waals surface area contributed by atoms with Crippen LogP contribution in [0.5, 0.6) is 0 Å². The fourth-order valence-corrected chi connectivity index (χ4v) is 6.14. The molecule has 1 atom stereocenters. The van der Waals surface area contributed by atoms with E-state index in [2.05, 4.69) is 35.1 Å². The lowest BCUT2D eigenvalue weighted by Gasteiger charge is -2.33. The van der Waals surface area contributed by atoms with E-state index in [1.54, 1.807) is 43.3 Å². The number of aryl methyl sites for hydroxylation is 1. The zero-order valence-electron chi connectivity index (χ0n) is 24.8. The SMILES string of the molecule is Cc1ccc(S(=O)(=O)N(CC(=O)N(Cc2cccc(Br)c2)C(C)C(=O)NC(C)(C)C)c2ccc(C(C)C)cc2)cc1. The first-order valence-corrected chi connectivity index (χ1v) is 15.9. The number of amides is 2. The summed E-state index contributed by atoms with van der Waals surface area (Å²) in [4.78, 5) is 28.8. The van der Waals surface area contributed by atoms with Crippen molar-refractivity contribution in [2.24, 2.45) is 0 Å². The van der Waals surface area contributed by atoms with Crippen LogP contribution in [0.2, 0.25) is 0 Å². The molecule has 1 unspecified atom stereocenters. The number of carbonyl (C=O) groups excluding carboxylic acids is 2. The van der Waals surface area contributed by atoms with Crippen LogP contribution in [0.3, 0.4) is 0 Å². The molecule has 0 bridgehead atoms. The number of sulfonamides is 1. The van der Waals surface area contributed by atoms with Gasteiger partial charge in [-0.3, -0.25) is 13.9 Å². The summed E-state index contributed by atoms with van der Waals surface area (Å²) >= 11 is 3.47. The molecule has 3 aromatic rings. The zero-order chi connectivity index (χ0) is 30.5. The molecule has 0 aromatic heterocycles. The number of anilines is 1. The summed E-state index contributed by atoms with van der Waals surface area (Å²) in [7, 11) is -4.11. The summed E-state index contributed by atoms with van der Waals surface area (Å²) in [6.07, 6.45) is 0. The minimum absolute atomic E-state index is 0.0842. The zero-order valence-corrected chi connectivity index (χ0v) is 27.2. The molecule has 2 amide bonds. The van der Waals surface area contributed by atoms with E-state index in [4.69, 9.17) is 0 Å². The van der Waals surface area contributed by atoms with Crippen LogP contribution in [0.1, 0.15) is 64.2 Å². The lowest BCUT2D eigenvalue weighted by atomic mass is 10.0. The van der Waals surface area contributed by atoms with Crippen molar-refractivity contribution in [3.63, 3.8) is 0 Å². The summed E-state index contributed by atoms with van der Waals surface area (Å²) in [5.41, 5.74) is 2.65. The van der Waals surface area contributed by atoms with Gasteiger partial charge in [0.15, 0.2) is 0 Å². The lowest BCUT2D eigenvalue weighted by molar-refractivity contribution is -0.140. The van der Waals surface area contributed by atoms with Gasteiger partial charge in [-0.15, -0.1) is 0 Å². The van der Waals surface area contributed by atoms with Gasteiger partial charge in [-0.1, -0.05) is 71.7 Å². The van der Waals surface area contributed by atoms with Gasteiger partial charge in [0.1, 0.15) is 12.6 Å². The average Bonchev–Trinajstić information content (AvgIpc) is 2.89. The molecular weight excluding hydrogens is 602 g/mol. The molecule has 0 aliphatic rings. The highest BCUT2D eigenvalue weighted by atomic mass is 79.9. The van der Waals surface area contributed by atoms with Crippen molar-refractivity contribution in [3.05, 3.63) is 94.0 Å². The first kappa shape index (κ1) is 32.3. The number of carbonyl (C=O) groups is 2. The van der Waals surface area contributed by atoms with E-state index >= 15 is 0 Å². The van der Waals surface area contributed by atoms with E-state index in [9.17, 15) is 18.0 Å². The van der Waals surface area contributed by atoms with Gasteiger partial charge in [-0.05, 0) is 88.1 Å². The molecule has 41 heavy (non-hydrogen) atoms. The highest BCUT2D eigenvalue weighted by Gasteiger charge is 2.33. The van der Waals surface area contributed by atoms with Gasteiger partial charge in [0.2, 0.25) is 11.8 Å². The summed E-state index contributed by atoms with van der Waals surface area (Å²) in [5, 5.41) is 2.94. The summed E-state index contributed by atoms with van der Waals surface area (Å²) in [6.45, 7) is 12.9. The monoisotopic (exact) mass is 641 g/mol. The van der Waals surface area contributed by atoms with Crippen molar-refractivity contribution in [1.29, 1.82) is 0 Å². The van der Waals surface area contributed by atoms with Gasteiger partial charge in [-0.2, -0.15) is 0 Å². The molecule has 220 valence electrons. The minimum Gasteiger partial charge on any atom is -0.350 e. The third kappa shape index (κ3) is 8.66. The van der Waals surface area contributed by atoms with Crippen LogP contribution in [0.4, 0.5) is 5.69 Å². The maximum Gasteiger partial charge on any atom is 0.264 e. The number of nitrogens with one attached hydrogen (secondary N) is 1. The molecule has 3 aromatic carbocycles. The first-order chi connectivity index (χ1) is 19.1. The largest absolute Gasteiger partial charge is 0.350 e. The minimum atomic E-state index is -4.11. The topological polar surface area (TPSA) is 86.8 Å². The molecular formula is C32H40BrN3O4S. The maximum absolute atomic E-state index is 14.1. The first-order valence-electron chi connectivity index (χ1n) is 13.6. The van der Waals surface area contributed by atoms with Crippen molar-refractivity contribution in [2.45, 2.75) is 77.4 Å². The van der Waals surface area contributed by atoms with E-state index < -0.39 is 34.1 Å². The van der Waals surface area contributed by atoms with Gasteiger partial charge in [0.05, 0.1) is 10.6 Å². The van der Waals surface area contributed by atoms with Gasteiger partial charge in [0, 0.05) is 16.6 Å². The summed E-state index contributed by atoms with van der Waals surface area (Å²) in [5.74, 6) is -0.559. The second-order valence-corrected chi connectivity index (χ2v) is 14.4. The summed E-state index contributed by atoms with van der Waals surface area (Å²) < 4.78 is 29.9. The Hall–Kier alpha value is -3.17. The Kier molecular flexibility index (Phi) is 10.4. The van der Waals surface area contributed by atoms with Gasteiger partial charge in [0.25, 0.3) is 10.0 Å². The quantitative estimate of drug-likeness (QED) is 0.277. The van der Waals surface area contributed by atoms with E-state index in [1.165, 1.54) is 4.90 Å². The molecule has 0 heterocycles. The normalized spacial score (nSPS) is 12.6. The number of hydrogen-bond donors (Lipinski definition) is 1. The fraction of sp³-hybridized carbons (Fsp3) is 0.375. The number of benzene rings is 3. The molecule has 3 rings (SSSR count). The van der Waals surface area contributed by atoms with E-state index in [0.29, 0.717) is 5.69 Å². The Balaban J connectivity index is 2.06. The van der Waals surface area contributed by atoms with E-state index in [-0.39, 0.29) is 23.3 Å². The second-order valence-electron chi connectivity index (χ2n) is 11.6. The third-order valence-corrected chi connectivity index (χ3v) is 8.92. The predicted molar refractivity (Wildman–Crippen MR) is 168 cm³/mol. The number of halogens is 1. The van der Waals surface area contributed by atoms with Gasteiger partial charge >= 0.3 is 0 Å². The van der Waals surface area contributed by atoms with Crippen molar-refractivity contribution < 1.29 is 18.0 Å². The molecule has 0 saturated heterocycles. The molecule has 7 nitrogen and oxygen atoms in total. The van der Waals surface area contributed by atoms with Gasteiger partial charge < -0.3 is 10.2 Å². The van der Waals surface area contributed by atoms with E-state index in [1.807, 2.05) is 64.1 Å². The van der Waals surface area contributed by atoms with Crippen LogP contribution >= 0.6 is 15.9 Å². The van der Waals surface area contributed by atoms with Crippen molar-refractivity contribution >= 4 is 43.5 Å². The standard InChI is InChI=1S/C32H40BrN3O4S/c1-22(2)26-13-15-28(16-14-26)36(41(39,40)29-17-11-23(3)12-18-29)21-30(37)35(20-25-9-8-10-27(33)19-25)24(4)31(38)34-32(5,6)7/h8-19,22,24H,20-21H2,1-7H3,(H,34,38). The Bertz CT molecular complexity index is 1460. The highest BCUT2D eigenvalue weighted by molar-refractivity contribution is 9.10. The van der Waals surface area contributed by atoms with Crippen LogP contribution in [-0.4, -0.2) is 43.3 Å². The molecule has 1 N–H and O–H groups in total. The molecule has 0 spiro atoms. The molecule has 0 saturated carbocycles. The van der Waals surface area contributed by atoms with E-state index in [0.717, 1.165) is 25.5 Å². The Morgan fingerprint density at radius 2 is 1.54 bits per heavy atom. The van der Waals surface area contributed by atoms with Crippen LogP contribution < -0.4 is 9.62 Å². The highest BCUT2D eigenvalue weighted by Crippen LogP contribution is 2.27. The summed E-state index contributed by atoms with van der Waals surface area (Å²) in [6, 6.07) is 20.4. The number of rotatable bonds is 10. The van der Waals surface area contributed by atoms with Crippen molar-refractivity contribution in [2.75, 3.05) is 10.8 Å². The Morgan fingerprint density at radius 1 is 0.927 bits per heavy atom. The Labute approximate surface area is 253 Å². The van der Waals surface area contributed by atoms with Crippen LogP contribution in [-0.2, 0) is 26.2 Å². The van der Waals surface area contributed by atoms with Gasteiger partial charge in [-0.25, -0.2) is 8.42 Å². The average molecular weight is 643 g/mol. The third-order valence-electron chi connectivity index (χ3n) is 6.64. The van der Waals surface area contributed by atoms with Crippen molar-refractivity contribution in [1.82, 2.24) is 10.2 Å². The molecule has 0 fully saturated rings. The molecule has 0 aliphatic carbocycles. The number of hydrogen-bond acceptors (Lipinski definition) is 4. The maximum atomic E-state index is 14.1.